The molecular weight excluding hydrogens is 474 g/mol. The minimum absolute atomic E-state index is 0.0902. The molecule has 3 aromatic carbocycles. The number of hydrogen-bond acceptors (Lipinski definition) is 7. The molecule has 3 N–H and O–H groups in total. The van der Waals surface area contributed by atoms with Gasteiger partial charge in [-0.15, -0.1) is 10.2 Å². The molecule has 2 heterocycles. The van der Waals surface area contributed by atoms with Crippen LogP contribution in [-0.2, 0) is 16.6 Å². The first-order valence-electron chi connectivity index (χ1n) is 11.1. The van der Waals surface area contributed by atoms with Crippen LogP contribution in [0.5, 0.6) is 5.75 Å². The van der Waals surface area contributed by atoms with Gasteiger partial charge in [0, 0.05) is 40.8 Å². The number of ether oxygens (including phenoxy) is 1. The summed E-state index contributed by atoms with van der Waals surface area (Å²) in [7, 11) is -2.29. The molecule has 0 aliphatic heterocycles. The van der Waals surface area contributed by atoms with E-state index in [1.807, 2.05) is 72.8 Å². The van der Waals surface area contributed by atoms with E-state index in [4.69, 9.17) is 9.88 Å². The Kier molecular flexibility index (Phi) is 6.32. The van der Waals surface area contributed by atoms with Crippen LogP contribution in [-0.4, -0.2) is 30.7 Å². The van der Waals surface area contributed by atoms with Crippen LogP contribution >= 0.6 is 0 Å². The molecule has 8 nitrogen and oxygen atoms in total. The average molecular weight is 498 g/mol. The van der Waals surface area contributed by atoms with Gasteiger partial charge < -0.3 is 10.1 Å². The summed E-state index contributed by atoms with van der Waals surface area (Å²) in [5.41, 5.74) is 3.95. The zero-order chi connectivity index (χ0) is 25.1. The summed E-state index contributed by atoms with van der Waals surface area (Å²) in [5, 5.41) is 19.4. The minimum Gasteiger partial charge on any atom is -0.496 e. The minimum atomic E-state index is -3.93. The summed E-state index contributed by atoms with van der Waals surface area (Å²) < 4.78 is 29.3. The molecule has 0 spiro atoms. The van der Waals surface area contributed by atoms with E-state index in [9.17, 15) is 8.42 Å². The molecule has 0 radical (unpaired) electrons. The smallest absolute Gasteiger partial charge is 0.239 e. The van der Waals surface area contributed by atoms with Gasteiger partial charge in [-0.3, -0.25) is 4.98 Å². The summed E-state index contributed by atoms with van der Waals surface area (Å²) in [6.07, 6.45) is 2.77. The Bertz CT molecular complexity index is 1660. The molecule has 0 bridgehead atoms. The number of anilines is 1. The number of nitrogens with two attached hydrogens (primary N) is 1. The fourth-order valence-corrected chi connectivity index (χ4v) is 4.63. The Labute approximate surface area is 208 Å². The number of nitrogens with zero attached hydrogens (tertiary/aromatic N) is 3. The van der Waals surface area contributed by atoms with Crippen molar-refractivity contribution in [2.75, 3.05) is 12.4 Å². The predicted molar refractivity (Wildman–Crippen MR) is 140 cm³/mol. The van der Waals surface area contributed by atoms with Crippen LogP contribution in [0.1, 0.15) is 5.56 Å². The molecule has 36 heavy (non-hydrogen) atoms. The molecular formula is C27H23N5O3S. The van der Waals surface area contributed by atoms with Crippen molar-refractivity contribution in [1.29, 1.82) is 0 Å². The Hall–Kier alpha value is -4.34. The van der Waals surface area contributed by atoms with Crippen molar-refractivity contribution in [2.45, 2.75) is 11.4 Å². The van der Waals surface area contributed by atoms with Gasteiger partial charge in [-0.2, -0.15) is 0 Å². The number of benzene rings is 3. The van der Waals surface area contributed by atoms with E-state index in [1.165, 1.54) is 12.3 Å². The monoisotopic (exact) mass is 497 g/mol. The molecule has 2 aromatic heterocycles. The van der Waals surface area contributed by atoms with Gasteiger partial charge in [0.2, 0.25) is 10.0 Å². The molecule has 0 fully saturated rings. The van der Waals surface area contributed by atoms with Crippen molar-refractivity contribution in [1.82, 2.24) is 15.2 Å². The summed E-state index contributed by atoms with van der Waals surface area (Å²) in [6, 6.07) is 25.1. The number of fused-ring (bicyclic) bond motifs is 1. The number of sulfonamides is 1. The molecule has 5 rings (SSSR count). The van der Waals surface area contributed by atoms with Gasteiger partial charge in [-0.25, -0.2) is 13.6 Å². The van der Waals surface area contributed by atoms with E-state index < -0.39 is 10.0 Å². The second-order valence-electron chi connectivity index (χ2n) is 8.11. The first kappa shape index (κ1) is 23.4. The van der Waals surface area contributed by atoms with Crippen LogP contribution in [0, 0.1) is 0 Å². The van der Waals surface area contributed by atoms with Gasteiger partial charge in [-0.05, 0) is 23.3 Å². The van der Waals surface area contributed by atoms with Crippen molar-refractivity contribution in [3.8, 4) is 28.1 Å². The van der Waals surface area contributed by atoms with E-state index in [0.29, 0.717) is 23.6 Å². The molecule has 0 amide bonds. The van der Waals surface area contributed by atoms with Gasteiger partial charge in [0.25, 0.3) is 0 Å². The first-order valence-corrected chi connectivity index (χ1v) is 12.7. The number of primary sulfonamides is 1. The molecule has 0 saturated heterocycles. The largest absolute Gasteiger partial charge is 0.496 e. The van der Waals surface area contributed by atoms with Gasteiger partial charge in [0.05, 0.1) is 7.11 Å². The zero-order valence-corrected chi connectivity index (χ0v) is 20.2. The van der Waals surface area contributed by atoms with Gasteiger partial charge >= 0.3 is 0 Å². The van der Waals surface area contributed by atoms with Crippen molar-refractivity contribution < 1.29 is 13.2 Å². The number of nitrogens with one attached hydrogen (secondary N) is 1. The fraction of sp³-hybridized carbons (Fsp3) is 0.0741. The molecule has 0 aliphatic rings. The standard InChI is InChI=1S/C27H23N5O3S/c1-35-24-13-6-5-10-19(24)16-30-27-25-22(18-8-3-2-4-9-18)11-7-12-23(25)26(31-32-27)20-14-21(17-29-15-20)36(28,33)34/h2-15,17H,16H2,1H3,(H,30,32)(H2,28,33,34). The highest BCUT2D eigenvalue weighted by atomic mass is 32.2. The summed E-state index contributed by atoms with van der Waals surface area (Å²) >= 11 is 0. The second kappa shape index (κ2) is 9.73. The van der Waals surface area contributed by atoms with Crippen molar-refractivity contribution in [3.05, 3.63) is 96.8 Å². The molecule has 0 atom stereocenters. The maximum absolute atomic E-state index is 11.9. The lowest BCUT2D eigenvalue weighted by Crippen LogP contribution is -2.12. The van der Waals surface area contributed by atoms with E-state index in [2.05, 4.69) is 20.5 Å². The number of rotatable bonds is 7. The van der Waals surface area contributed by atoms with Crippen molar-refractivity contribution >= 4 is 26.6 Å². The maximum Gasteiger partial charge on any atom is 0.239 e. The normalized spacial score (nSPS) is 11.4. The Morgan fingerprint density at radius 3 is 2.44 bits per heavy atom. The highest BCUT2D eigenvalue weighted by Crippen LogP contribution is 2.37. The van der Waals surface area contributed by atoms with E-state index >= 15 is 0 Å². The van der Waals surface area contributed by atoms with Gasteiger partial charge in [-0.1, -0.05) is 66.7 Å². The van der Waals surface area contributed by atoms with E-state index in [1.54, 1.807) is 13.3 Å². The highest BCUT2D eigenvalue weighted by Gasteiger charge is 2.18. The topological polar surface area (TPSA) is 120 Å². The third-order valence-electron chi connectivity index (χ3n) is 5.85. The van der Waals surface area contributed by atoms with Crippen molar-refractivity contribution in [3.63, 3.8) is 0 Å². The molecule has 180 valence electrons. The SMILES string of the molecule is COc1ccccc1CNc1nnc(-c2cncc(S(N)(=O)=O)c2)c2cccc(-c3ccccc3)c12. The third-order valence-corrected chi connectivity index (χ3v) is 6.73. The number of pyridine rings is 1. The van der Waals surface area contributed by atoms with Gasteiger partial charge in [0.1, 0.15) is 16.3 Å². The Morgan fingerprint density at radius 1 is 0.889 bits per heavy atom. The number of aromatic nitrogens is 3. The predicted octanol–water partition coefficient (Wildman–Crippen LogP) is 4.63. The van der Waals surface area contributed by atoms with Crippen LogP contribution in [0.3, 0.4) is 0 Å². The third kappa shape index (κ3) is 4.61. The van der Waals surface area contributed by atoms with Crippen LogP contribution in [0.2, 0.25) is 0 Å². The van der Waals surface area contributed by atoms with Crippen LogP contribution < -0.4 is 15.2 Å². The van der Waals surface area contributed by atoms with Crippen LogP contribution in [0.4, 0.5) is 5.82 Å². The lowest BCUT2D eigenvalue weighted by Gasteiger charge is -2.16. The molecule has 0 aliphatic carbocycles. The summed E-state index contributed by atoms with van der Waals surface area (Å²) in [6.45, 7) is 0.471. The number of para-hydroxylation sites is 1. The van der Waals surface area contributed by atoms with E-state index in [-0.39, 0.29) is 4.90 Å². The highest BCUT2D eigenvalue weighted by molar-refractivity contribution is 7.89. The number of methoxy groups -OCH3 is 1. The fourth-order valence-electron chi connectivity index (χ4n) is 4.14. The quantitative estimate of drug-likeness (QED) is 0.336. The molecule has 5 aromatic rings. The maximum atomic E-state index is 11.9. The summed E-state index contributed by atoms with van der Waals surface area (Å²) in [5.74, 6) is 1.36. The van der Waals surface area contributed by atoms with Crippen LogP contribution in [0.25, 0.3) is 33.2 Å². The number of hydrogen-bond donors (Lipinski definition) is 2. The molecule has 0 saturated carbocycles. The second-order valence-corrected chi connectivity index (χ2v) is 9.67. The lowest BCUT2D eigenvalue weighted by atomic mass is 9.96. The first-order chi connectivity index (χ1) is 17.5. The average Bonchev–Trinajstić information content (AvgIpc) is 2.91. The van der Waals surface area contributed by atoms with E-state index in [0.717, 1.165) is 33.2 Å². The molecule has 0 unspecified atom stereocenters. The molecule has 9 heteroatoms. The van der Waals surface area contributed by atoms with Crippen LogP contribution in [0.15, 0.2) is 96.2 Å². The van der Waals surface area contributed by atoms with Crippen molar-refractivity contribution in [2.24, 2.45) is 5.14 Å². The summed E-state index contributed by atoms with van der Waals surface area (Å²) in [4.78, 5) is 3.99. The lowest BCUT2D eigenvalue weighted by molar-refractivity contribution is 0.410. The zero-order valence-electron chi connectivity index (χ0n) is 19.4. The van der Waals surface area contributed by atoms with Gasteiger partial charge in [0.15, 0.2) is 5.82 Å². The Morgan fingerprint density at radius 2 is 1.67 bits per heavy atom. The Balaban J connectivity index is 1.69.